The summed E-state index contributed by atoms with van der Waals surface area (Å²) in [6, 6.07) is 7.71. The van der Waals surface area contributed by atoms with E-state index in [1.807, 2.05) is 17.0 Å². The fourth-order valence-corrected chi connectivity index (χ4v) is 4.93. The lowest BCUT2D eigenvalue weighted by atomic mass is 9.73. The van der Waals surface area contributed by atoms with E-state index >= 15 is 0 Å². The first kappa shape index (κ1) is 24.5. The molecule has 2 aliphatic rings. The highest BCUT2D eigenvalue weighted by Crippen LogP contribution is 2.37. The lowest BCUT2D eigenvalue weighted by molar-refractivity contribution is -0.142. The van der Waals surface area contributed by atoms with E-state index in [1.54, 1.807) is 0 Å². The number of unbranched alkanes of at least 4 members (excludes halogenated alkanes) is 1. The predicted molar refractivity (Wildman–Crippen MR) is 126 cm³/mol. The van der Waals surface area contributed by atoms with Gasteiger partial charge in [0.15, 0.2) is 0 Å². The van der Waals surface area contributed by atoms with Gasteiger partial charge in [-0.1, -0.05) is 37.5 Å². The summed E-state index contributed by atoms with van der Waals surface area (Å²) in [6.07, 6.45) is 8.86. The Morgan fingerprint density at radius 2 is 1.91 bits per heavy atom. The number of para-hydroxylation sites is 1. The molecule has 2 heterocycles. The van der Waals surface area contributed by atoms with E-state index in [2.05, 4.69) is 17.4 Å². The van der Waals surface area contributed by atoms with Gasteiger partial charge in [0.05, 0.1) is 18.0 Å². The molecule has 1 atom stereocenters. The van der Waals surface area contributed by atoms with E-state index in [0.717, 1.165) is 50.7 Å². The zero-order chi connectivity index (χ0) is 22.8. The molecule has 1 fully saturated rings. The van der Waals surface area contributed by atoms with Gasteiger partial charge in [0.2, 0.25) is 11.8 Å². The summed E-state index contributed by atoms with van der Waals surface area (Å²) in [6.45, 7) is 2.77. The van der Waals surface area contributed by atoms with Gasteiger partial charge in [0.1, 0.15) is 12.4 Å². The molecule has 0 unspecified atom stereocenters. The molecule has 2 amide bonds. The standard InChI is InChI=1S/C25H40N4O3/c26-15-7-5-10-21(27)23(30)29-17-13-25(14-18-29)12-6-1-2-8-20-9-3-4-11-22(20)32-19-16-28-24(25)31/h3-4,9,11,21H,1-2,5-8,10,12-19,26-27H2,(H,28,31)/t21-/m1/s1. The van der Waals surface area contributed by atoms with Crippen LogP contribution in [0.25, 0.3) is 0 Å². The van der Waals surface area contributed by atoms with Crippen LogP contribution in [0.4, 0.5) is 0 Å². The number of carbonyl (C=O) groups is 2. The molecule has 0 bridgehead atoms. The van der Waals surface area contributed by atoms with Gasteiger partial charge in [-0.15, -0.1) is 0 Å². The van der Waals surface area contributed by atoms with Gasteiger partial charge in [0.25, 0.3) is 0 Å². The van der Waals surface area contributed by atoms with Crippen LogP contribution in [0.2, 0.25) is 0 Å². The minimum absolute atomic E-state index is 0.00749. The largest absolute Gasteiger partial charge is 0.491 e. The first-order chi connectivity index (χ1) is 15.6. The second-order valence-electron chi connectivity index (χ2n) is 9.27. The number of rotatable bonds is 5. The third-order valence-corrected chi connectivity index (χ3v) is 7.02. The van der Waals surface area contributed by atoms with Crippen molar-refractivity contribution in [2.45, 2.75) is 70.3 Å². The predicted octanol–water partition coefficient (Wildman–Crippen LogP) is 2.36. The summed E-state index contributed by atoms with van der Waals surface area (Å²) in [7, 11) is 0. The molecule has 0 saturated carbocycles. The number of likely N-dealkylation sites (tertiary alicyclic amines) is 1. The maximum Gasteiger partial charge on any atom is 0.239 e. The van der Waals surface area contributed by atoms with Gasteiger partial charge in [-0.05, 0) is 63.1 Å². The maximum atomic E-state index is 13.2. The van der Waals surface area contributed by atoms with Gasteiger partial charge >= 0.3 is 0 Å². The summed E-state index contributed by atoms with van der Waals surface area (Å²) in [5.74, 6) is 1.03. The van der Waals surface area contributed by atoms with Gasteiger partial charge in [-0.25, -0.2) is 0 Å². The molecule has 1 saturated heterocycles. The Kier molecular flexibility index (Phi) is 9.36. The van der Waals surface area contributed by atoms with Crippen LogP contribution in [0.15, 0.2) is 24.3 Å². The van der Waals surface area contributed by atoms with Crippen molar-refractivity contribution in [1.82, 2.24) is 10.2 Å². The monoisotopic (exact) mass is 444 g/mol. The van der Waals surface area contributed by atoms with Crippen molar-refractivity contribution in [2.75, 3.05) is 32.8 Å². The lowest BCUT2D eigenvalue weighted by Crippen LogP contribution is -2.53. The van der Waals surface area contributed by atoms with E-state index < -0.39 is 11.5 Å². The Bertz CT molecular complexity index is 746. The molecule has 7 nitrogen and oxygen atoms in total. The Morgan fingerprint density at radius 1 is 1.12 bits per heavy atom. The van der Waals surface area contributed by atoms with Gasteiger partial charge in [-0.2, -0.15) is 0 Å². The number of amides is 2. The summed E-state index contributed by atoms with van der Waals surface area (Å²) >= 11 is 0. The van der Waals surface area contributed by atoms with Crippen LogP contribution in [-0.2, 0) is 16.0 Å². The number of aryl methyl sites for hydroxylation is 1. The molecule has 0 aromatic heterocycles. The average Bonchev–Trinajstić information content (AvgIpc) is 2.83. The average molecular weight is 445 g/mol. The van der Waals surface area contributed by atoms with Crippen molar-refractivity contribution in [3.05, 3.63) is 29.8 Å². The van der Waals surface area contributed by atoms with Crippen LogP contribution >= 0.6 is 0 Å². The molecule has 178 valence electrons. The summed E-state index contributed by atoms with van der Waals surface area (Å²) in [5, 5.41) is 3.11. The molecule has 3 rings (SSSR count). The third-order valence-electron chi connectivity index (χ3n) is 7.02. The van der Waals surface area contributed by atoms with E-state index in [4.69, 9.17) is 16.2 Å². The molecule has 32 heavy (non-hydrogen) atoms. The minimum atomic E-state index is -0.469. The van der Waals surface area contributed by atoms with Crippen LogP contribution < -0.4 is 21.5 Å². The maximum absolute atomic E-state index is 13.2. The van der Waals surface area contributed by atoms with E-state index in [9.17, 15) is 9.59 Å². The summed E-state index contributed by atoms with van der Waals surface area (Å²) < 4.78 is 5.95. The van der Waals surface area contributed by atoms with Crippen LogP contribution in [0.1, 0.15) is 63.4 Å². The molecule has 1 spiro atoms. The third kappa shape index (κ3) is 6.45. The van der Waals surface area contributed by atoms with Crippen molar-refractivity contribution in [3.8, 4) is 5.75 Å². The zero-order valence-electron chi connectivity index (χ0n) is 19.3. The first-order valence-corrected chi connectivity index (χ1v) is 12.3. The minimum Gasteiger partial charge on any atom is -0.491 e. The molecule has 2 aliphatic heterocycles. The number of piperidine rings is 1. The number of benzene rings is 1. The van der Waals surface area contributed by atoms with E-state index in [1.165, 1.54) is 5.56 Å². The SMILES string of the molecule is NCCCC[C@@H](N)C(=O)N1CCC2(CCCCCc3ccccc3OCCNC2=O)CC1. The number of fused-ring (bicyclic) bond motifs is 1. The fourth-order valence-electron chi connectivity index (χ4n) is 4.93. The second-order valence-corrected chi connectivity index (χ2v) is 9.27. The number of hydrogen-bond acceptors (Lipinski definition) is 5. The first-order valence-electron chi connectivity index (χ1n) is 12.3. The Morgan fingerprint density at radius 3 is 2.69 bits per heavy atom. The Hall–Kier alpha value is -2.12. The van der Waals surface area contributed by atoms with Crippen LogP contribution in [0.3, 0.4) is 0 Å². The molecule has 1 aromatic rings. The molecule has 5 N–H and O–H groups in total. The molecule has 0 aliphatic carbocycles. The number of hydrogen-bond donors (Lipinski definition) is 3. The van der Waals surface area contributed by atoms with Gasteiger partial charge in [0, 0.05) is 13.1 Å². The smallest absolute Gasteiger partial charge is 0.239 e. The fraction of sp³-hybridized carbons (Fsp3) is 0.680. The van der Waals surface area contributed by atoms with Crippen LogP contribution in [0, 0.1) is 5.41 Å². The number of carbonyl (C=O) groups excluding carboxylic acids is 2. The highest BCUT2D eigenvalue weighted by atomic mass is 16.5. The number of ether oxygens (including phenoxy) is 1. The highest BCUT2D eigenvalue weighted by Gasteiger charge is 2.42. The second kappa shape index (κ2) is 12.2. The number of nitrogens with two attached hydrogens (primary N) is 2. The van der Waals surface area contributed by atoms with Crippen LogP contribution in [-0.4, -0.2) is 55.5 Å². The van der Waals surface area contributed by atoms with E-state index in [0.29, 0.717) is 52.0 Å². The molecule has 1 aromatic carbocycles. The van der Waals surface area contributed by atoms with Crippen molar-refractivity contribution >= 4 is 11.8 Å². The van der Waals surface area contributed by atoms with Gasteiger partial charge in [-0.3, -0.25) is 9.59 Å². The van der Waals surface area contributed by atoms with Crippen molar-refractivity contribution in [2.24, 2.45) is 16.9 Å². The zero-order valence-corrected chi connectivity index (χ0v) is 19.3. The summed E-state index contributed by atoms with van der Waals surface area (Å²) in [4.78, 5) is 27.8. The topological polar surface area (TPSA) is 111 Å². The quantitative estimate of drug-likeness (QED) is 0.604. The Labute approximate surface area is 192 Å². The van der Waals surface area contributed by atoms with Crippen molar-refractivity contribution < 1.29 is 14.3 Å². The molecular formula is C25H40N4O3. The molecule has 0 radical (unpaired) electrons. The molecular weight excluding hydrogens is 404 g/mol. The highest BCUT2D eigenvalue weighted by molar-refractivity contribution is 5.84. The lowest BCUT2D eigenvalue weighted by Gasteiger charge is -2.41. The van der Waals surface area contributed by atoms with E-state index in [-0.39, 0.29) is 11.8 Å². The number of nitrogens with one attached hydrogen (secondary N) is 1. The Balaban J connectivity index is 1.57. The van der Waals surface area contributed by atoms with Crippen LogP contribution in [0.5, 0.6) is 5.75 Å². The normalized spacial score (nSPS) is 20.7. The van der Waals surface area contributed by atoms with Crippen molar-refractivity contribution in [3.63, 3.8) is 0 Å². The molecule has 7 heteroatoms. The van der Waals surface area contributed by atoms with Crippen molar-refractivity contribution in [1.29, 1.82) is 0 Å². The number of nitrogens with zero attached hydrogens (tertiary/aromatic N) is 1. The van der Waals surface area contributed by atoms with Gasteiger partial charge < -0.3 is 26.4 Å². The summed E-state index contributed by atoms with van der Waals surface area (Å²) in [5.41, 5.74) is 12.5.